The van der Waals surface area contributed by atoms with E-state index in [1.54, 1.807) is 30.3 Å². The van der Waals surface area contributed by atoms with E-state index in [9.17, 15) is 22.0 Å². The maximum Gasteiger partial charge on any atom is 0.389 e. The third kappa shape index (κ3) is 5.88. The van der Waals surface area contributed by atoms with Crippen LogP contribution in [0.25, 0.3) is 11.1 Å². The normalized spacial score (nSPS) is 11.7. The minimum absolute atomic E-state index is 0.0358. The van der Waals surface area contributed by atoms with E-state index in [1.807, 2.05) is 6.07 Å². The summed E-state index contributed by atoms with van der Waals surface area (Å²) in [5, 5.41) is 0. The Kier molecular flexibility index (Phi) is 5.58. The van der Waals surface area contributed by atoms with Gasteiger partial charge in [-0.1, -0.05) is 36.4 Å². The Bertz CT molecular complexity index is 620. The van der Waals surface area contributed by atoms with Gasteiger partial charge in [-0.15, -0.1) is 0 Å². The quantitative estimate of drug-likeness (QED) is 0.605. The highest BCUT2D eigenvalue weighted by atomic mass is 19.4. The molecule has 6 heteroatoms. The summed E-state index contributed by atoms with van der Waals surface area (Å²) in [4.78, 5) is 0. The molecule has 0 fully saturated rings. The number of halogens is 5. The van der Waals surface area contributed by atoms with Crippen LogP contribution < -0.4 is 4.74 Å². The summed E-state index contributed by atoms with van der Waals surface area (Å²) >= 11 is 0. The molecule has 2 aromatic carbocycles. The number of aryl methyl sites for hydroxylation is 1. The van der Waals surface area contributed by atoms with Crippen LogP contribution in [0.2, 0.25) is 0 Å². The molecule has 2 rings (SSSR count). The van der Waals surface area contributed by atoms with E-state index in [1.165, 1.54) is 12.1 Å². The fraction of sp³-hybridized carbons (Fsp3) is 0.294. The standard InChI is InChI=1S/C17H15F5O/c18-16(19)23-15-8-6-13(7-9-15)14-5-1-3-12(11-14)4-2-10-17(20,21)22/h1,3,5-9,11,16H,2,4,10H2. The van der Waals surface area contributed by atoms with Crippen LogP contribution in [0, 0.1) is 0 Å². The highest BCUT2D eigenvalue weighted by molar-refractivity contribution is 5.64. The minimum Gasteiger partial charge on any atom is -0.435 e. The van der Waals surface area contributed by atoms with Gasteiger partial charge in [-0.2, -0.15) is 22.0 Å². The van der Waals surface area contributed by atoms with Crippen molar-refractivity contribution in [2.24, 2.45) is 0 Å². The first-order valence-electron chi connectivity index (χ1n) is 7.04. The lowest BCUT2D eigenvalue weighted by Crippen LogP contribution is -2.07. The Morgan fingerprint density at radius 1 is 0.913 bits per heavy atom. The second-order valence-electron chi connectivity index (χ2n) is 5.07. The Labute approximate surface area is 130 Å². The highest BCUT2D eigenvalue weighted by Gasteiger charge is 2.25. The van der Waals surface area contributed by atoms with Gasteiger partial charge in [-0.3, -0.25) is 0 Å². The van der Waals surface area contributed by atoms with Crippen molar-refractivity contribution in [3.05, 3.63) is 54.1 Å². The molecule has 0 atom stereocenters. The van der Waals surface area contributed by atoms with Crippen molar-refractivity contribution in [1.29, 1.82) is 0 Å². The summed E-state index contributed by atoms with van der Waals surface area (Å²) < 4.78 is 65.0. The van der Waals surface area contributed by atoms with Crippen LogP contribution >= 0.6 is 0 Å². The Morgan fingerprint density at radius 2 is 1.61 bits per heavy atom. The van der Waals surface area contributed by atoms with Crippen molar-refractivity contribution < 1.29 is 26.7 Å². The van der Waals surface area contributed by atoms with E-state index in [2.05, 4.69) is 4.74 Å². The molecule has 2 aromatic rings. The third-order valence-electron chi connectivity index (χ3n) is 3.27. The van der Waals surface area contributed by atoms with Gasteiger partial charge in [-0.25, -0.2) is 0 Å². The van der Waals surface area contributed by atoms with Crippen LogP contribution in [0.1, 0.15) is 18.4 Å². The minimum atomic E-state index is -4.14. The number of hydrogen-bond acceptors (Lipinski definition) is 1. The maximum absolute atomic E-state index is 12.2. The van der Waals surface area contributed by atoms with E-state index in [0.29, 0.717) is 6.42 Å². The first-order chi connectivity index (χ1) is 10.8. The zero-order valence-electron chi connectivity index (χ0n) is 12.1. The lowest BCUT2D eigenvalue weighted by Gasteiger charge is -2.09. The zero-order chi connectivity index (χ0) is 16.9. The molecule has 23 heavy (non-hydrogen) atoms. The van der Waals surface area contributed by atoms with Gasteiger partial charge in [0.2, 0.25) is 0 Å². The van der Waals surface area contributed by atoms with E-state index >= 15 is 0 Å². The first kappa shape index (κ1) is 17.2. The van der Waals surface area contributed by atoms with E-state index in [0.717, 1.165) is 16.7 Å². The van der Waals surface area contributed by atoms with Crippen LogP contribution in [0.4, 0.5) is 22.0 Å². The van der Waals surface area contributed by atoms with Gasteiger partial charge < -0.3 is 4.74 Å². The van der Waals surface area contributed by atoms with Crippen molar-refractivity contribution in [2.75, 3.05) is 0 Å². The van der Waals surface area contributed by atoms with Crippen LogP contribution in [-0.2, 0) is 6.42 Å². The van der Waals surface area contributed by atoms with Crippen molar-refractivity contribution in [3.8, 4) is 16.9 Å². The molecule has 0 radical (unpaired) electrons. The average Bonchev–Trinajstić information content (AvgIpc) is 2.46. The molecule has 0 aromatic heterocycles. The maximum atomic E-state index is 12.2. The topological polar surface area (TPSA) is 9.23 Å². The Hall–Kier alpha value is -2.11. The molecule has 0 saturated heterocycles. The molecular weight excluding hydrogens is 315 g/mol. The molecule has 0 aliphatic heterocycles. The lowest BCUT2D eigenvalue weighted by atomic mass is 10.0. The monoisotopic (exact) mass is 330 g/mol. The molecule has 0 heterocycles. The largest absolute Gasteiger partial charge is 0.435 e. The summed E-state index contributed by atoms with van der Waals surface area (Å²) in [6.45, 7) is -2.88. The number of ether oxygens (including phenoxy) is 1. The van der Waals surface area contributed by atoms with Crippen molar-refractivity contribution in [2.45, 2.75) is 32.1 Å². The molecule has 0 aliphatic carbocycles. The van der Waals surface area contributed by atoms with Gasteiger partial charge in [0.05, 0.1) is 0 Å². The molecule has 0 bridgehead atoms. The van der Waals surface area contributed by atoms with Gasteiger partial charge in [0, 0.05) is 6.42 Å². The average molecular weight is 330 g/mol. The lowest BCUT2D eigenvalue weighted by molar-refractivity contribution is -0.135. The summed E-state index contributed by atoms with van der Waals surface area (Å²) in [5.41, 5.74) is 2.40. The fourth-order valence-corrected chi connectivity index (χ4v) is 2.23. The van der Waals surface area contributed by atoms with Crippen molar-refractivity contribution >= 4 is 0 Å². The van der Waals surface area contributed by atoms with Crippen LogP contribution in [0.15, 0.2) is 48.5 Å². The summed E-state index contributed by atoms with van der Waals surface area (Å²) in [5.74, 6) is 0.0603. The van der Waals surface area contributed by atoms with Crippen molar-refractivity contribution in [3.63, 3.8) is 0 Å². The van der Waals surface area contributed by atoms with Crippen LogP contribution in [0.3, 0.4) is 0 Å². The molecule has 0 amide bonds. The predicted molar refractivity (Wildman–Crippen MR) is 77.5 cm³/mol. The molecule has 0 N–H and O–H groups in total. The second kappa shape index (κ2) is 7.44. The van der Waals surface area contributed by atoms with E-state index in [-0.39, 0.29) is 12.2 Å². The first-order valence-corrected chi connectivity index (χ1v) is 7.04. The highest BCUT2D eigenvalue weighted by Crippen LogP contribution is 2.26. The number of alkyl halides is 5. The fourth-order valence-electron chi connectivity index (χ4n) is 2.23. The van der Waals surface area contributed by atoms with Gasteiger partial charge in [-0.05, 0) is 41.7 Å². The number of hydrogen-bond donors (Lipinski definition) is 0. The van der Waals surface area contributed by atoms with Gasteiger partial charge in [0.1, 0.15) is 5.75 Å². The number of rotatable bonds is 6. The van der Waals surface area contributed by atoms with Gasteiger partial charge in [0.25, 0.3) is 0 Å². The molecule has 124 valence electrons. The SMILES string of the molecule is FC(F)Oc1ccc(-c2cccc(CCCC(F)(F)F)c2)cc1. The van der Waals surface area contributed by atoms with E-state index in [4.69, 9.17) is 0 Å². The third-order valence-corrected chi connectivity index (χ3v) is 3.27. The summed E-state index contributed by atoms with van der Waals surface area (Å²) in [7, 11) is 0. The smallest absolute Gasteiger partial charge is 0.389 e. The molecular formula is C17H15F5O. The molecule has 0 unspecified atom stereocenters. The number of benzene rings is 2. The molecule has 0 aliphatic rings. The predicted octanol–water partition coefficient (Wildman–Crippen LogP) is 5.84. The summed E-state index contributed by atoms with van der Waals surface area (Å²) in [6, 6.07) is 13.3. The van der Waals surface area contributed by atoms with Crippen LogP contribution in [-0.4, -0.2) is 12.8 Å². The molecule has 0 spiro atoms. The van der Waals surface area contributed by atoms with E-state index < -0.39 is 19.2 Å². The van der Waals surface area contributed by atoms with Gasteiger partial charge in [0.15, 0.2) is 0 Å². The molecule has 0 saturated carbocycles. The van der Waals surface area contributed by atoms with Crippen molar-refractivity contribution in [1.82, 2.24) is 0 Å². The second-order valence-corrected chi connectivity index (χ2v) is 5.07. The van der Waals surface area contributed by atoms with Crippen LogP contribution in [0.5, 0.6) is 5.75 Å². The van der Waals surface area contributed by atoms with Gasteiger partial charge >= 0.3 is 12.8 Å². The zero-order valence-corrected chi connectivity index (χ0v) is 12.1. The summed E-state index contributed by atoms with van der Waals surface area (Å²) in [6.07, 6.45) is -4.58. The molecule has 1 nitrogen and oxygen atoms in total. The Balaban J connectivity index is 2.04. The Morgan fingerprint density at radius 3 is 2.22 bits per heavy atom.